The Balaban J connectivity index is 3.36. The molecule has 7 nitrogen and oxygen atoms in total. The van der Waals surface area contributed by atoms with Gasteiger partial charge in [0, 0.05) is 17.1 Å². The highest BCUT2D eigenvalue weighted by molar-refractivity contribution is 9.10. The monoisotopic (exact) mass is 364 g/mol. The summed E-state index contributed by atoms with van der Waals surface area (Å²) in [6.45, 7) is 0.948. The van der Waals surface area contributed by atoms with Gasteiger partial charge < -0.3 is 10.0 Å². The van der Waals surface area contributed by atoms with Gasteiger partial charge in [0.15, 0.2) is 0 Å². The molecule has 3 N–H and O–H groups in total. The molecule has 0 saturated heterocycles. The van der Waals surface area contributed by atoms with E-state index in [9.17, 15) is 18.0 Å². The number of rotatable bonds is 4. The van der Waals surface area contributed by atoms with Gasteiger partial charge in [0.05, 0.1) is 4.90 Å². The second kappa shape index (κ2) is 5.90. The Bertz CT molecular complexity index is 672. The topological polar surface area (TPSA) is 118 Å². The summed E-state index contributed by atoms with van der Waals surface area (Å²) in [4.78, 5) is 23.5. The summed E-state index contributed by atoms with van der Waals surface area (Å²) < 4.78 is 23.3. The number of benzene rings is 1. The summed E-state index contributed by atoms with van der Waals surface area (Å²) in [6.07, 6.45) is 0. The van der Waals surface area contributed by atoms with Crippen molar-refractivity contribution in [2.45, 2.75) is 11.8 Å². The van der Waals surface area contributed by atoms with E-state index in [1.165, 1.54) is 26.1 Å². The first-order chi connectivity index (χ1) is 9.04. The third kappa shape index (κ3) is 3.78. The predicted molar refractivity (Wildman–Crippen MR) is 74.8 cm³/mol. The molecule has 0 spiro atoms. The Kier molecular flexibility index (Phi) is 4.90. The molecule has 0 fully saturated rings. The van der Waals surface area contributed by atoms with Crippen LogP contribution in [0.3, 0.4) is 0 Å². The Hall–Kier alpha value is -1.45. The van der Waals surface area contributed by atoms with Crippen molar-refractivity contribution in [2.24, 2.45) is 5.14 Å². The first kappa shape index (κ1) is 16.6. The van der Waals surface area contributed by atoms with Gasteiger partial charge in [-0.25, -0.2) is 13.6 Å². The van der Waals surface area contributed by atoms with Crippen molar-refractivity contribution >= 4 is 37.8 Å². The van der Waals surface area contributed by atoms with Crippen LogP contribution in [-0.2, 0) is 14.8 Å². The SMILES string of the molecule is Cc1c(C(=O)N(C)CC(=O)O)cc(Br)cc1S(N)(=O)=O. The fourth-order valence-electron chi connectivity index (χ4n) is 1.65. The fraction of sp³-hybridized carbons (Fsp3) is 0.273. The van der Waals surface area contributed by atoms with Crippen LogP contribution in [0.2, 0.25) is 0 Å². The van der Waals surface area contributed by atoms with Crippen LogP contribution in [0, 0.1) is 6.92 Å². The van der Waals surface area contributed by atoms with E-state index in [4.69, 9.17) is 10.2 Å². The second-order valence-electron chi connectivity index (χ2n) is 4.18. The molecule has 1 rings (SSSR count). The number of carboxylic acid groups (broad SMARTS) is 1. The maximum absolute atomic E-state index is 12.1. The lowest BCUT2D eigenvalue weighted by Crippen LogP contribution is -2.32. The minimum absolute atomic E-state index is 0.0761. The number of hydrogen-bond donors (Lipinski definition) is 2. The molecule has 0 aliphatic rings. The van der Waals surface area contributed by atoms with Gasteiger partial charge >= 0.3 is 5.97 Å². The highest BCUT2D eigenvalue weighted by Gasteiger charge is 2.22. The minimum Gasteiger partial charge on any atom is -0.480 e. The van der Waals surface area contributed by atoms with Gasteiger partial charge in [-0.15, -0.1) is 0 Å². The molecule has 0 saturated carbocycles. The van der Waals surface area contributed by atoms with Crippen LogP contribution in [0.4, 0.5) is 0 Å². The molecule has 0 radical (unpaired) electrons. The van der Waals surface area contributed by atoms with E-state index < -0.39 is 28.4 Å². The zero-order valence-electron chi connectivity index (χ0n) is 10.8. The average molecular weight is 365 g/mol. The van der Waals surface area contributed by atoms with Crippen LogP contribution in [0.1, 0.15) is 15.9 Å². The normalized spacial score (nSPS) is 11.2. The number of hydrogen-bond acceptors (Lipinski definition) is 4. The molecular formula is C11H13BrN2O5S. The van der Waals surface area contributed by atoms with E-state index in [0.717, 1.165) is 4.90 Å². The number of carbonyl (C=O) groups excluding carboxylic acids is 1. The van der Waals surface area contributed by atoms with Crippen LogP contribution in [0.5, 0.6) is 0 Å². The number of carbonyl (C=O) groups is 2. The van der Waals surface area contributed by atoms with Gasteiger partial charge in [0.25, 0.3) is 5.91 Å². The van der Waals surface area contributed by atoms with Crippen molar-refractivity contribution in [1.82, 2.24) is 4.90 Å². The Morgan fingerprint density at radius 3 is 2.40 bits per heavy atom. The van der Waals surface area contributed by atoms with Crippen LogP contribution in [0.25, 0.3) is 0 Å². The molecule has 0 aliphatic heterocycles. The van der Waals surface area contributed by atoms with Crippen molar-refractivity contribution in [3.8, 4) is 0 Å². The molecule has 1 aromatic rings. The Labute approximate surface area is 124 Å². The lowest BCUT2D eigenvalue weighted by molar-refractivity contribution is -0.137. The van der Waals surface area contributed by atoms with Gasteiger partial charge in [-0.05, 0) is 24.6 Å². The van der Waals surface area contributed by atoms with Gasteiger partial charge in [-0.3, -0.25) is 9.59 Å². The smallest absolute Gasteiger partial charge is 0.323 e. The number of likely N-dealkylation sites (N-methyl/N-ethyl adjacent to an activating group) is 1. The maximum atomic E-state index is 12.1. The third-order valence-corrected chi connectivity index (χ3v) is 4.08. The van der Waals surface area contributed by atoms with Crippen LogP contribution in [0.15, 0.2) is 21.5 Å². The van der Waals surface area contributed by atoms with Crippen molar-refractivity contribution in [2.75, 3.05) is 13.6 Å². The molecule has 1 amide bonds. The molecule has 0 bridgehead atoms. The predicted octanol–water partition coefficient (Wildman–Crippen LogP) is 0.562. The molecule has 110 valence electrons. The van der Waals surface area contributed by atoms with E-state index >= 15 is 0 Å². The van der Waals surface area contributed by atoms with Crippen LogP contribution >= 0.6 is 15.9 Å². The summed E-state index contributed by atoms with van der Waals surface area (Å²) >= 11 is 3.10. The fourth-order valence-corrected chi connectivity index (χ4v) is 3.09. The van der Waals surface area contributed by atoms with E-state index in [0.29, 0.717) is 4.47 Å². The van der Waals surface area contributed by atoms with E-state index in [1.807, 2.05) is 0 Å². The average Bonchev–Trinajstić information content (AvgIpc) is 2.28. The molecular weight excluding hydrogens is 352 g/mol. The summed E-state index contributed by atoms with van der Waals surface area (Å²) in [5.41, 5.74) is 0.255. The number of carboxylic acids is 1. The minimum atomic E-state index is -3.98. The van der Waals surface area contributed by atoms with Crippen LogP contribution in [-0.4, -0.2) is 43.9 Å². The Morgan fingerprint density at radius 2 is 1.95 bits per heavy atom. The van der Waals surface area contributed by atoms with Crippen molar-refractivity contribution in [1.29, 1.82) is 0 Å². The third-order valence-electron chi connectivity index (χ3n) is 2.58. The zero-order valence-corrected chi connectivity index (χ0v) is 13.2. The quantitative estimate of drug-likeness (QED) is 0.809. The lowest BCUT2D eigenvalue weighted by Gasteiger charge is -2.17. The molecule has 0 heterocycles. The van der Waals surface area contributed by atoms with Crippen molar-refractivity contribution in [3.05, 3.63) is 27.7 Å². The van der Waals surface area contributed by atoms with Crippen molar-refractivity contribution in [3.63, 3.8) is 0 Å². The number of nitrogens with two attached hydrogens (primary N) is 1. The highest BCUT2D eigenvalue weighted by Crippen LogP contribution is 2.24. The largest absolute Gasteiger partial charge is 0.480 e. The summed E-state index contributed by atoms with van der Waals surface area (Å²) in [5.74, 6) is -1.77. The van der Waals surface area contributed by atoms with Gasteiger partial charge in [-0.1, -0.05) is 15.9 Å². The summed E-state index contributed by atoms with van der Waals surface area (Å²) in [6, 6.07) is 2.71. The molecule has 0 aliphatic carbocycles. The first-order valence-corrected chi connectivity index (χ1v) is 7.68. The van der Waals surface area contributed by atoms with Crippen LogP contribution < -0.4 is 5.14 Å². The number of nitrogens with zero attached hydrogens (tertiary/aromatic N) is 1. The maximum Gasteiger partial charge on any atom is 0.323 e. The van der Waals surface area contributed by atoms with E-state index in [1.54, 1.807) is 0 Å². The van der Waals surface area contributed by atoms with Crippen molar-refractivity contribution < 1.29 is 23.1 Å². The number of aliphatic carboxylic acids is 1. The summed E-state index contributed by atoms with van der Waals surface area (Å²) in [5, 5.41) is 13.8. The summed E-state index contributed by atoms with van der Waals surface area (Å²) in [7, 11) is -2.66. The zero-order chi connectivity index (χ0) is 15.7. The molecule has 1 aromatic carbocycles. The standard InChI is InChI=1S/C11H13BrN2O5S/c1-6-8(11(17)14(2)5-10(15)16)3-7(12)4-9(6)20(13,18)19/h3-4H,5H2,1-2H3,(H,15,16)(H2,13,18,19). The van der Waals surface area contributed by atoms with Gasteiger partial charge in [-0.2, -0.15) is 0 Å². The molecule has 9 heteroatoms. The number of sulfonamides is 1. The van der Waals surface area contributed by atoms with Gasteiger partial charge in [0.1, 0.15) is 6.54 Å². The van der Waals surface area contributed by atoms with Gasteiger partial charge in [0.2, 0.25) is 10.0 Å². The number of amides is 1. The number of halogens is 1. The Morgan fingerprint density at radius 1 is 1.40 bits per heavy atom. The lowest BCUT2D eigenvalue weighted by atomic mass is 10.1. The van der Waals surface area contributed by atoms with E-state index in [2.05, 4.69) is 15.9 Å². The molecule has 0 aromatic heterocycles. The second-order valence-corrected chi connectivity index (χ2v) is 6.62. The first-order valence-electron chi connectivity index (χ1n) is 5.34. The molecule has 20 heavy (non-hydrogen) atoms. The number of primary sulfonamides is 1. The molecule has 0 unspecified atom stereocenters. The van der Waals surface area contributed by atoms with E-state index in [-0.39, 0.29) is 16.0 Å². The highest BCUT2D eigenvalue weighted by atomic mass is 79.9. The molecule has 0 atom stereocenters.